The van der Waals surface area contributed by atoms with Crippen molar-refractivity contribution in [2.75, 3.05) is 0 Å². The van der Waals surface area contributed by atoms with Gasteiger partial charge in [-0.2, -0.15) is 0 Å². The van der Waals surface area contributed by atoms with E-state index in [2.05, 4.69) is 81.7 Å². The van der Waals surface area contributed by atoms with Crippen molar-refractivity contribution in [3.05, 3.63) is 35.4 Å². The van der Waals surface area contributed by atoms with Crippen LogP contribution in [0.25, 0.3) is 0 Å². The van der Waals surface area contributed by atoms with E-state index >= 15 is 0 Å². The van der Waals surface area contributed by atoms with Crippen molar-refractivity contribution in [3.63, 3.8) is 0 Å². The van der Waals surface area contributed by atoms with Gasteiger partial charge < -0.3 is 0 Å². The van der Waals surface area contributed by atoms with E-state index < -0.39 is 0 Å². The third kappa shape index (κ3) is 4.42. The SMILES string of the molecule is CC(C)C(Cc1ccc(C(C)(C)C)cc1)C(C)Br. The molecule has 2 unspecified atom stereocenters. The summed E-state index contributed by atoms with van der Waals surface area (Å²) in [6, 6.07) is 9.16. The Bertz CT molecular complexity index is 346. The molecule has 0 saturated carbocycles. The summed E-state index contributed by atoms with van der Waals surface area (Å²) >= 11 is 3.75. The minimum absolute atomic E-state index is 0.249. The van der Waals surface area contributed by atoms with E-state index in [1.165, 1.54) is 11.1 Å². The van der Waals surface area contributed by atoms with Gasteiger partial charge in [0.05, 0.1) is 0 Å². The summed E-state index contributed by atoms with van der Waals surface area (Å²) in [6.45, 7) is 13.7. The molecule has 1 heteroatoms. The second kappa shape index (κ2) is 6.23. The Balaban J connectivity index is 2.80. The third-order valence-electron chi connectivity index (χ3n) is 3.74. The molecule has 0 N–H and O–H groups in total. The van der Waals surface area contributed by atoms with Crippen molar-refractivity contribution in [1.29, 1.82) is 0 Å². The van der Waals surface area contributed by atoms with Gasteiger partial charge in [0, 0.05) is 4.83 Å². The second-order valence-corrected chi connectivity index (χ2v) is 8.18. The minimum atomic E-state index is 0.249. The summed E-state index contributed by atoms with van der Waals surface area (Å²) in [4.78, 5) is 0.569. The van der Waals surface area contributed by atoms with Gasteiger partial charge in [-0.25, -0.2) is 0 Å². The molecule has 0 saturated heterocycles. The summed E-state index contributed by atoms with van der Waals surface area (Å²) in [7, 11) is 0. The second-order valence-electron chi connectivity index (χ2n) is 6.74. The van der Waals surface area contributed by atoms with Crippen LogP contribution in [0, 0.1) is 11.8 Å². The Morgan fingerprint density at radius 2 is 1.50 bits per heavy atom. The van der Waals surface area contributed by atoms with Crippen molar-refractivity contribution in [2.24, 2.45) is 11.8 Å². The lowest BCUT2D eigenvalue weighted by Gasteiger charge is -2.24. The zero-order chi connectivity index (χ0) is 13.9. The van der Waals surface area contributed by atoms with Crippen LogP contribution in [-0.2, 0) is 11.8 Å². The predicted octanol–water partition coefficient (Wildman–Crippen LogP) is 5.58. The molecule has 1 rings (SSSR count). The van der Waals surface area contributed by atoms with Crippen LogP contribution in [0.1, 0.15) is 52.7 Å². The zero-order valence-corrected chi connectivity index (χ0v) is 14.2. The average molecular weight is 311 g/mol. The van der Waals surface area contributed by atoms with Gasteiger partial charge in [-0.05, 0) is 34.8 Å². The molecule has 2 atom stereocenters. The first kappa shape index (κ1) is 15.8. The van der Waals surface area contributed by atoms with E-state index in [1.807, 2.05) is 0 Å². The molecule has 0 aliphatic heterocycles. The molecule has 0 nitrogen and oxygen atoms in total. The van der Waals surface area contributed by atoms with E-state index in [0.717, 1.165) is 6.42 Å². The van der Waals surface area contributed by atoms with E-state index in [4.69, 9.17) is 0 Å². The Kier molecular flexibility index (Phi) is 5.46. The molecule has 0 aliphatic rings. The Labute approximate surface area is 121 Å². The van der Waals surface area contributed by atoms with Crippen LogP contribution in [0.2, 0.25) is 0 Å². The zero-order valence-electron chi connectivity index (χ0n) is 12.6. The minimum Gasteiger partial charge on any atom is -0.0890 e. The standard InChI is InChI=1S/C17H27Br/c1-12(2)16(13(3)18)11-14-7-9-15(10-8-14)17(4,5)6/h7-10,12-13,16H,11H2,1-6H3. The molecule has 0 spiro atoms. The predicted molar refractivity (Wildman–Crippen MR) is 85.6 cm³/mol. The number of hydrogen-bond donors (Lipinski definition) is 0. The van der Waals surface area contributed by atoms with Crippen LogP contribution < -0.4 is 0 Å². The highest BCUT2D eigenvalue weighted by Crippen LogP contribution is 2.27. The summed E-state index contributed by atoms with van der Waals surface area (Å²) < 4.78 is 0. The smallest absolute Gasteiger partial charge is 0.0151 e. The van der Waals surface area contributed by atoms with E-state index in [-0.39, 0.29) is 5.41 Å². The fourth-order valence-electron chi connectivity index (χ4n) is 2.34. The quantitative estimate of drug-likeness (QED) is 0.637. The monoisotopic (exact) mass is 310 g/mol. The van der Waals surface area contributed by atoms with Crippen LogP contribution in [-0.4, -0.2) is 4.83 Å². The van der Waals surface area contributed by atoms with Crippen molar-refractivity contribution in [2.45, 2.75) is 58.2 Å². The molecule has 0 aliphatic carbocycles. The molecule has 0 radical (unpaired) electrons. The molecule has 1 aromatic rings. The third-order valence-corrected chi connectivity index (χ3v) is 4.42. The maximum Gasteiger partial charge on any atom is 0.0151 e. The van der Waals surface area contributed by atoms with Gasteiger partial charge in [0.1, 0.15) is 0 Å². The van der Waals surface area contributed by atoms with E-state index in [9.17, 15) is 0 Å². The lowest BCUT2D eigenvalue weighted by molar-refractivity contribution is 0.383. The van der Waals surface area contributed by atoms with Gasteiger partial charge in [0.15, 0.2) is 0 Å². The highest BCUT2D eigenvalue weighted by atomic mass is 79.9. The van der Waals surface area contributed by atoms with Crippen molar-refractivity contribution >= 4 is 15.9 Å². The summed E-state index contributed by atoms with van der Waals surface area (Å²) in [5.41, 5.74) is 3.12. The molecular formula is C17H27Br. The first-order valence-corrected chi connectivity index (χ1v) is 7.87. The number of rotatable bonds is 4. The van der Waals surface area contributed by atoms with Gasteiger partial charge in [0.2, 0.25) is 0 Å². The van der Waals surface area contributed by atoms with Gasteiger partial charge in [-0.1, -0.05) is 81.7 Å². The molecule has 18 heavy (non-hydrogen) atoms. The normalized spacial score (nSPS) is 15.8. The highest BCUT2D eigenvalue weighted by Gasteiger charge is 2.19. The Hall–Kier alpha value is -0.300. The molecule has 0 bridgehead atoms. The lowest BCUT2D eigenvalue weighted by atomic mass is 9.84. The summed E-state index contributed by atoms with van der Waals surface area (Å²) in [6.07, 6.45) is 1.16. The van der Waals surface area contributed by atoms with Crippen molar-refractivity contribution in [3.8, 4) is 0 Å². The summed E-state index contributed by atoms with van der Waals surface area (Å²) in [5, 5.41) is 0. The fraction of sp³-hybridized carbons (Fsp3) is 0.647. The molecule has 0 heterocycles. The van der Waals surface area contributed by atoms with Crippen LogP contribution in [0.5, 0.6) is 0 Å². The molecule has 0 aromatic heterocycles. The molecule has 0 amide bonds. The Morgan fingerprint density at radius 3 is 1.83 bits per heavy atom. The summed E-state index contributed by atoms with van der Waals surface area (Å²) in [5.74, 6) is 1.41. The van der Waals surface area contributed by atoms with E-state index in [0.29, 0.717) is 16.7 Å². The van der Waals surface area contributed by atoms with Gasteiger partial charge >= 0.3 is 0 Å². The molecule has 1 aromatic carbocycles. The maximum absolute atomic E-state index is 3.75. The van der Waals surface area contributed by atoms with Crippen LogP contribution in [0.15, 0.2) is 24.3 Å². The fourth-order valence-corrected chi connectivity index (χ4v) is 3.14. The molecule has 0 fully saturated rings. The topological polar surface area (TPSA) is 0 Å². The average Bonchev–Trinajstić information content (AvgIpc) is 2.24. The van der Waals surface area contributed by atoms with Crippen LogP contribution in [0.4, 0.5) is 0 Å². The first-order chi connectivity index (χ1) is 8.21. The Morgan fingerprint density at radius 1 is 1.00 bits per heavy atom. The van der Waals surface area contributed by atoms with Crippen LogP contribution in [0.3, 0.4) is 0 Å². The number of hydrogen-bond acceptors (Lipinski definition) is 0. The largest absolute Gasteiger partial charge is 0.0890 e. The van der Waals surface area contributed by atoms with Crippen molar-refractivity contribution in [1.82, 2.24) is 0 Å². The van der Waals surface area contributed by atoms with Crippen molar-refractivity contribution < 1.29 is 0 Å². The molecular weight excluding hydrogens is 284 g/mol. The number of alkyl halides is 1. The highest BCUT2D eigenvalue weighted by molar-refractivity contribution is 9.09. The maximum atomic E-state index is 3.75. The number of halogens is 1. The first-order valence-electron chi connectivity index (χ1n) is 6.95. The van der Waals surface area contributed by atoms with Crippen LogP contribution >= 0.6 is 15.9 Å². The molecule has 102 valence electrons. The van der Waals surface area contributed by atoms with E-state index in [1.54, 1.807) is 0 Å². The number of benzene rings is 1. The van der Waals surface area contributed by atoms with Gasteiger partial charge in [-0.3, -0.25) is 0 Å². The van der Waals surface area contributed by atoms with Gasteiger partial charge in [-0.15, -0.1) is 0 Å². The van der Waals surface area contributed by atoms with Gasteiger partial charge in [0.25, 0.3) is 0 Å². The lowest BCUT2D eigenvalue weighted by Crippen LogP contribution is -2.20.